The van der Waals surface area contributed by atoms with E-state index in [1.165, 1.54) is 0 Å². The predicted octanol–water partition coefficient (Wildman–Crippen LogP) is 0.845. The van der Waals surface area contributed by atoms with Crippen LogP contribution in [0.5, 0.6) is 0 Å². The molecular weight excluding hydrogens is 356 g/mol. The van der Waals surface area contributed by atoms with Gasteiger partial charge in [-0.05, 0) is 36.9 Å². The molecule has 148 valence electrons. The maximum Gasteiger partial charge on any atom is 0.255 e. The summed E-state index contributed by atoms with van der Waals surface area (Å²) >= 11 is 0. The van der Waals surface area contributed by atoms with Crippen molar-refractivity contribution in [2.45, 2.75) is 50.4 Å². The maximum absolute atomic E-state index is 13.2. The summed E-state index contributed by atoms with van der Waals surface area (Å²) in [7, 11) is 0. The van der Waals surface area contributed by atoms with Crippen molar-refractivity contribution < 1.29 is 14.4 Å². The van der Waals surface area contributed by atoms with Crippen molar-refractivity contribution in [1.29, 1.82) is 0 Å². The Balaban J connectivity index is 1.53. The van der Waals surface area contributed by atoms with E-state index in [-0.39, 0.29) is 29.7 Å². The van der Waals surface area contributed by atoms with Crippen molar-refractivity contribution in [3.05, 3.63) is 47.5 Å². The van der Waals surface area contributed by atoms with Crippen molar-refractivity contribution in [1.82, 2.24) is 20.9 Å². The van der Waals surface area contributed by atoms with Gasteiger partial charge in [0.2, 0.25) is 11.8 Å². The van der Waals surface area contributed by atoms with Gasteiger partial charge in [-0.25, -0.2) is 0 Å². The average Bonchev–Trinajstić information content (AvgIpc) is 3.26. The molecule has 0 saturated carbocycles. The summed E-state index contributed by atoms with van der Waals surface area (Å²) in [6.45, 7) is 6.73. The van der Waals surface area contributed by atoms with E-state index in [9.17, 15) is 14.4 Å². The number of piperidine rings is 1. The van der Waals surface area contributed by atoms with Gasteiger partial charge < -0.3 is 15.5 Å². The summed E-state index contributed by atoms with van der Waals surface area (Å²) in [4.78, 5) is 38.4. The molecule has 3 N–H and O–H groups in total. The number of carbonyl (C=O) groups excluding carboxylic acids is 3. The lowest BCUT2D eigenvalue weighted by molar-refractivity contribution is -0.136. The molecule has 2 saturated heterocycles. The van der Waals surface area contributed by atoms with Gasteiger partial charge in [0.15, 0.2) is 0 Å². The molecule has 0 radical (unpaired) electrons. The molecule has 3 heterocycles. The first-order valence-corrected chi connectivity index (χ1v) is 9.85. The highest BCUT2D eigenvalue weighted by atomic mass is 16.2. The van der Waals surface area contributed by atoms with Crippen molar-refractivity contribution in [3.8, 4) is 0 Å². The summed E-state index contributed by atoms with van der Waals surface area (Å²) < 4.78 is 0. The van der Waals surface area contributed by atoms with E-state index in [1.807, 2.05) is 24.3 Å². The minimum absolute atomic E-state index is 0.0323. The first-order valence-electron chi connectivity index (χ1n) is 9.85. The van der Waals surface area contributed by atoms with E-state index in [1.54, 1.807) is 4.90 Å². The van der Waals surface area contributed by atoms with Crippen LogP contribution < -0.4 is 16.0 Å². The fourth-order valence-electron chi connectivity index (χ4n) is 4.54. The molecule has 1 aromatic carbocycles. The van der Waals surface area contributed by atoms with Gasteiger partial charge in [0.1, 0.15) is 6.04 Å². The highest BCUT2D eigenvalue weighted by molar-refractivity contribution is 6.05. The number of hydrogen-bond acceptors (Lipinski definition) is 5. The Labute approximate surface area is 164 Å². The van der Waals surface area contributed by atoms with Crippen LogP contribution in [0, 0.1) is 0 Å². The van der Waals surface area contributed by atoms with Gasteiger partial charge in [0.25, 0.3) is 5.91 Å². The number of amides is 3. The molecule has 1 aromatic rings. The van der Waals surface area contributed by atoms with E-state index in [2.05, 4.69) is 22.5 Å². The zero-order valence-corrected chi connectivity index (χ0v) is 15.9. The van der Waals surface area contributed by atoms with Gasteiger partial charge >= 0.3 is 0 Å². The van der Waals surface area contributed by atoms with Crippen LogP contribution in [0.2, 0.25) is 0 Å². The molecule has 7 nitrogen and oxygen atoms in total. The molecule has 2 atom stereocenters. The number of benzene rings is 1. The maximum atomic E-state index is 13.2. The number of rotatable bonds is 6. The third kappa shape index (κ3) is 3.36. The quantitative estimate of drug-likeness (QED) is 0.501. The average molecular weight is 382 g/mol. The Kier molecular flexibility index (Phi) is 5.03. The van der Waals surface area contributed by atoms with Gasteiger partial charge in [-0.2, -0.15) is 0 Å². The summed E-state index contributed by atoms with van der Waals surface area (Å²) in [5, 5.41) is 9.39. The second-order valence-corrected chi connectivity index (χ2v) is 7.90. The van der Waals surface area contributed by atoms with Gasteiger partial charge in [-0.1, -0.05) is 24.3 Å². The van der Waals surface area contributed by atoms with Gasteiger partial charge in [-0.15, -0.1) is 6.58 Å². The largest absolute Gasteiger partial charge is 0.322 e. The lowest BCUT2D eigenvalue weighted by Crippen LogP contribution is -2.52. The fourth-order valence-corrected chi connectivity index (χ4v) is 4.54. The normalized spacial score (nSPS) is 27.1. The van der Waals surface area contributed by atoms with E-state index < -0.39 is 6.04 Å². The Bertz CT molecular complexity index is 829. The van der Waals surface area contributed by atoms with E-state index in [0.29, 0.717) is 25.1 Å². The fraction of sp³-hybridized carbons (Fsp3) is 0.476. The Morgan fingerprint density at radius 1 is 1.32 bits per heavy atom. The monoisotopic (exact) mass is 382 g/mol. The number of fused-ring (bicyclic) bond motifs is 1. The zero-order chi connectivity index (χ0) is 19.7. The van der Waals surface area contributed by atoms with Gasteiger partial charge in [0, 0.05) is 37.2 Å². The minimum atomic E-state index is -0.579. The highest BCUT2D eigenvalue weighted by Crippen LogP contribution is 2.30. The number of nitrogens with zero attached hydrogens (tertiary/aromatic N) is 1. The van der Waals surface area contributed by atoms with Gasteiger partial charge in [-0.3, -0.25) is 19.7 Å². The molecule has 0 aromatic heterocycles. The molecule has 0 aliphatic carbocycles. The van der Waals surface area contributed by atoms with Crippen LogP contribution in [0.15, 0.2) is 30.9 Å². The minimum Gasteiger partial charge on any atom is -0.322 e. The van der Waals surface area contributed by atoms with Crippen LogP contribution in [0.1, 0.15) is 47.2 Å². The molecule has 2 fully saturated rings. The number of imide groups is 1. The second-order valence-electron chi connectivity index (χ2n) is 7.90. The van der Waals surface area contributed by atoms with Crippen LogP contribution in [0.3, 0.4) is 0 Å². The number of nitrogens with one attached hydrogen (secondary N) is 3. The first-order chi connectivity index (χ1) is 13.5. The van der Waals surface area contributed by atoms with Crippen molar-refractivity contribution in [2.75, 3.05) is 13.1 Å². The molecule has 7 heteroatoms. The van der Waals surface area contributed by atoms with Crippen LogP contribution in [-0.2, 0) is 22.7 Å². The summed E-state index contributed by atoms with van der Waals surface area (Å²) in [6, 6.07) is 5.30. The second kappa shape index (κ2) is 7.48. The first kappa shape index (κ1) is 18.8. The summed E-state index contributed by atoms with van der Waals surface area (Å²) in [6.07, 6.45) is 4.47. The van der Waals surface area contributed by atoms with Crippen molar-refractivity contribution in [2.24, 2.45) is 0 Å². The standard InChI is InChI=1S/C21H26N4O3/c1-2-8-21(9-10-22-13-21)23-11-14-4-3-5-15-12-25(20(28)18(14)15)16-6-7-17(26)24-19(16)27/h2-5,16,22-23H,1,6-13H2,(H,24,26,27). The Morgan fingerprint density at radius 3 is 2.89 bits per heavy atom. The molecule has 3 amide bonds. The molecule has 0 bridgehead atoms. The van der Waals surface area contributed by atoms with Gasteiger partial charge in [0.05, 0.1) is 0 Å². The molecule has 2 unspecified atom stereocenters. The molecule has 0 spiro atoms. The molecule has 28 heavy (non-hydrogen) atoms. The third-order valence-corrected chi connectivity index (χ3v) is 6.07. The lowest BCUT2D eigenvalue weighted by atomic mass is 9.93. The molecule has 3 aliphatic rings. The van der Waals surface area contributed by atoms with Crippen molar-refractivity contribution >= 4 is 17.7 Å². The Morgan fingerprint density at radius 2 is 2.18 bits per heavy atom. The summed E-state index contributed by atoms with van der Waals surface area (Å²) in [5.41, 5.74) is 2.55. The van der Waals surface area contributed by atoms with Crippen LogP contribution in [-0.4, -0.2) is 47.3 Å². The highest BCUT2D eigenvalue weighted by Gasteiger charge is 2.40. The van der Waals surface area contributed by atoms with E-state index in [0.717, 1.165) is 37.1 Å². The topological polar surface area (TPSA) is 90.5 Å². The molecular formula is C21H26N4O3. The predicted molar refractivity (Wildman–Crippen MR) is 104 cm³/mol. The SMILES string of the molecule is C=CCC1(NCc2cccc3c2C(=O)N(C2CCC(=O)NC2=O)C3)CCNC1. The van der Waals surface area contributed by atoms with Crippen molar-refractivity contribution in [3.63, 3.8) is 0 Å². The van der Waals surface area contributed by atoms with Crippen LogP contribution >= 0.6 is 0 Å². The Hall–Kier alpha value is -2.51. The van der Waals surface area contributed by atoms with E-state index >= 15 is 0 Å². The summed E-state index contributed by atoms with van der Waals surface area (Å²) in [5.74, 6) is -0.767. The van der Waals surface area contributed by atoms with Crippen LogP contribution in [0.25, 0.3) is 0 Å². The lowest BCUT2D eigenvalue weighted by Gasteiger charge is -2.30. The molecule has 3 aliphatic heterocycles. The number of carbonyl (C=O) groups is 3. The number of hydrogen-bond donors (Lipinski definition) is 3. The smallest absolute Gasteiger partial charge is 0.255 e. The molecule has 4 rings (SSSR count). The van der Waals surface area contributed by atoms with E-state index in [4.69, 9.17) is 0 Å². The van der Waals surface area contributed by atoms with Crippen LogP contribution in [0.4, 0.5) is 0 Å². The third-order valence-electron chi connectivity index (χ3n) is 6.07. The zero-order valence-electron chi connectivity index (χ0n) is 15.9.